The standard InChI is InChI=1S/C15H17BrF3NO/c1-9-8-12(16)6-7-13(9)20-14(21)10-2-4-11(5-3-10)15(17,18)19/h6-8,10-11H,2-5H2,1H3,(H,20,21). The first-order valence-corrected chi connectivity index (χ1v) is 7.70. The topological polar surface area (TPSA) is 29.1 Å². The molecule has 1 aromatic carbocycles. The fourth-order valence-corrected chi connectivity index (χ4v) is 3.16. The molecule has 116 valence electrons. The highest BCUT2D eigenvalue weighted by atomic mass is 79.9. The third-order valence-corrected chi connectivity index (χ3v) is 4.50. The van der Waals surface area contributed by atoms with Crippen molar-refractivity contribution in [2.24, 2.45) is 11.8 Å². The lowest BCUT2D eigenvalue weighted by molar-refractivity contribution is -0.184. The van der Waals surface area contributed by atoms with Gasteiger partial charge >= 0.3 is 6.18 Å². The van der Waals surface area contributed by atoms with Gasteiger partial charge in [-0.2, -0.15) is 13.2 Å². The van der Waals surface area contributed by atoms with E-state index >= 15 is 0 Å². The third-order valence-electron chi connectivity index (χ3n) is 4.01. The Morgan fingerprint density at radius 2 is 1.86 bits per heavy atom. The van der Waals surface area contributed by atoms with Crippen LogP contribution >= 0.6 is 15.9 Å². The van der Waals surface area contributed by atoms with E-state index in [1.54, 1.807) is 6.07 Å². The molecular weight excluding hydrogens is 347 g/mol. The minimum atomic E-state index is -4.14. The number of carbonyl (C=O) groups is 1. The summed E-state index contributed by atoms with van der Waals surface area (Å²) in [5, 5.41) is 2.82. The molecule has 0 spiro atoms. The van der Waals surface area contributed by atoms with Gasteiger partial charge in [0.25, 0.3) is 0 Å². The molecule has 2 nitrogen and oxygen atoms in total. The van der Waals surface area contributed by atoms with Crippen molar-refractivity contribution in [2.45, 2.75) is 38.8 Å². The highest BCUT2D eigenvalue weighted by molar-refractivity contribution is 9.10. The summed E-state index contributed by atoms with van der Waals surface area (Å²) in [5.74, 6) is -1.76. The Balaban J connectivity index is 1.93. The summed E-state index contributed by atoms with van der Waals surface area (Å²) in [4.78, 5) is 12.2. The summed E-state index contributed by atoms with van der Waals surface area (Å²) in [6, 6.07) is 5.50. The van der Waals surface area contributed by atoms with Gasteiger partial charge in [-0.25, -0.2) is 0 Å². The van der Waals surface area contributed by atoms with Gasteiger partial charge in [-0.05, 0) is 56.4 Å². The van der Waals surface area contributed by atoms with Gasteiger partial charge in [-0.3, -0.25) is 4.79 Å². The quantitative estimate of drug-likeness (QED) is 0.781. The first-order chi connectivity index (χ1) is 9.77. The van der Waals surface area contributed by atoms with Crippen molar-refractivity contribution in [1.82, 2.24) is 0 Å². The van der Waals surface area contributed by atoms with Crippen molar-refractivity contribution in [3.63, 3.8) is 0 Å². The number of benzene rings is 1. The molecule has 1 aliphatic carbocycles. The number of carbonyl (C=O) groups excluding carboxylic acids is 1. The summed E-state index contributed by atoms with van der Waals surface area (Å²) in [6.45, 7) is 1.88. The Kier molecular flexibility index (Phi) is 4.96. The Morgan fingerprint density at radius 1 is 1.24 bits per heavy atom. The van der Waals surface area contributed by atoms with Gasteiger partial charge in [0.2, 0.25) is 5.91 Å². The van der Waals surface area contributed by atoms with E-state index in [1.807, 2.05) is 19.1 Å². The highest BCUT2D eigenvalue weighted by Gasteiger charge is 2.42. The predicted molar refractivity (Wildman–Crippen MR) is 79.0 cm³/mol. The normalized spacial score (nSPS) is 22.9. The Labute approximate surface area is 130 Å². The maximum Gasteiger partial charge on any atom is 0.391 e. The van der Waals surface area contributed by atoms with Crippen LogP contribution in [-0.2, 0) is 4.79 Å². The van der Waals surface area contributed by atoms with Crippen LogP contribution in [0, 0.1) is 18.8 Å². The average Bonchev–Trinajstić information content (AvgIpc) is 2.41. The van der Waals surface area contributed by atoms with Crippen LogP contribution < -0.4 is 5.32 Å². The van der Waals surface area contributed by atoms with E-state index in [-0.39, 0.29) is 24.7 Å². The number of halogens is 4. The number of nitrogens with one attached hydrogen (secondary N) is 1. The highest BCUT2D eigenvalue weighted by Crippen LogP contribution is 2.39. The molecule has 0 atom stereocenters. The average molecular weight is 364 g/mol. The van der Waals surface area contributed by atoms with Crippen LogP contribution in [0.5, 0.6) is 0 Å². The van der Waals surface area contributed by atoms with Crippen LogP contribution in [0.25, 0.3) is 0 Å². The zero-order valence-corrected chi connectivity index (χ0v) is 13.2. The number of alkyl halides is 3. The lowest BCUT2D eigenvalue weighted by atomic mass is 9.81. The molecule has 2 rings (SSSR count). The molecule has 1 aliphatic rings. The van der Waals surface area contributed by atoms with E-state index < -0.39 is 12.1 Å². The summed E-state index contributed by atoms with van der Waals surface area (Å²) >= 11 is 3.34. The molecule has 0 aliphatic heterocycles. The van der Waals surface area contributed by atoms with E-state index in [2.05, 4.69) is 21.2 Å². The molecule has 0 unspecified atom stereocenters. The lowest BCUT2D eigenvalue weighted by Gasteiger charge is -2.29. The van der Waals surface area contributed by atoms with Crippen molar-refractivity contribution in [1.29, 1.82) is 0 Å². The van der Waals surface area contributed by atoms with E-state index in [4.69, 9.17) is 0 Å². The molecule has 0 bridgehead atoms. The largest absolute Gasteiger partial charge is 0.391 e. The SMILES string of the molecule is Cc1cc(Br)ccc1NC(=O)C1CCC(C(F)(F)F)CC1. The van der Waals surface area contributed by atoms with Crippen LogP contribution in [0.15, 0.2) is 22.7 Å². The van der Waals surface area contributed by atoms with E-state index in [0.717, 1.165) is 10.0 Å². The fourth-order valence-electron chi connectivity index (χ4n) is 2.69. The molecule has 1 N–H and O–H groups in total. The first-order valence-electron chi connectivity index (χ1n) is 6.91. The van der Waals surface area contributed by atoms with Gasteiger partial charge in [0, 0.05) is 16.1 Å². The summed E-state index contributed by atoms with van der Waals surface area (Å²) in [6.07, 6.45) is -3.46. The number of hydrogen-bond donors (Lipinski definition) is 1. The van der Waals surface area contributed by atoms with Gasteiger partial charge in [0.15, 0.2) is 0 Å². The number of aryl methyl sites for hydroxylation is 1. The second-order valence-corrected chi connectivity index (χ2v) is 6.45. The molecule has 0 aromatic heterocycles. The van der Waals surface area contributed by atoms with Crippen LogP contribution in [0.3, 0.4) is 0 Å². The summed E-state index contributed by atoms with van der Waals surface area (Å²) in [5.41, 5.74) is 1.63. The molecule has 1 fully saturated rings. The van der Waals surface area contributed by atoms with Crippen molar-refractivity contribution in [3.05, 3.63) is 28.2 Å². The second kappa shape index (κ2) is 6.38. The third kappa shape index (κ3) is 4.22. The van der Waals surface area contributed by atoms with Crippen LogP contribution in [0.4, 0.5) is 18.9 Å². The van der Waals surface area contributed by atoms with Crippen molar-refractivity contribution in [2.75, 3.05) is 5.32 Å². The number of amides is 1. The molecule has 1 aromatic rings. The summed E-state index contributed by atoms with van der Waals surface area (Å²) < 4.78 is 38.7. The van der Waals surface area contributed by atoms with Crippen LogP contribution in [0.1, 0.15) is 31.2 Å². The molecule has 6 heteroatoms. The molecule has 1 saturated carbocycles. The van der Waals surface area contributed by atoms with Gasteiger partial charge in [-0.15, -0.1) is 0 Å². The second-order valence-electron chi connectivity index (χ2n) is 5.54. The first kappa shape index (κ1) is 16.3. The number of hydrogen-bond acceptors (Lipinski definition) is 1. The fraction of sp³-hybridized carbons (Fsp3) is 0.533. The van der Waals surface area contributed by atoms with E-state index in [1.165, 1.54) is 0 Å². The number of anilines is 1. The Morgan fingerprint density at radius 3 is 2.38 bits per heavy atom. The van der Waals surface area contributed by atoms with Crippen molar-refractivity contribution in [3.8, 4) is 0 Å². The van der Waals surface area contributed by atoms with Crippen LogP contribution in [0.2, 0.25) is 0 Å². The van der Waals surface area contributed by atoms with Crippen molar-refractivity contribution < 1.29 is 18.0 Å². The minimum Gasteiger partial charge on any atom is -0.326 e. The molecular formula is C15H17BrF3NO. The van der Waals surface area contributed by atoms with Gasteiger partial charge < -0.3 is 5.32 Å². The van der Waals surface area contributed by atoms with Gasteiger partial charge in [-0.1, -0.05) is 15.9 Å². The maximum atomic E-state index is 12.6. The molecule has 0 radical (unpaired) electrons. The van der Waals surface area contributed by atoms with E-state index in [0.29, 0.717) is 18.5 Å². The molecule has 21 heavy (non-hydrogen) atoms. The number of rotatable bonds is 2. The zero-order chi connectivity index (χ0) is 15.6. The van der Waals surface area contributed by atoms with E-state index in [9.17, 15) is 18.0 Å². The minimum absolute atomic E-state index is 0.0426. The Bertz CT molecular complexity index is 522. The predicted octanol–water partition coefficient (Wildman–Crippen LogP) is 5.06. The summed E-state index contributed by atoms with van der Waals surface area (Å²) in [7, 11) is 0. The maximum absolute atomic E-state index is 12.6. The lowest BCUT2D eigenvalue weighted by Crippen LogP contribution is -2.32. The smallest absolute Gasteiger partial charge is 0.326 e. The molecule has 0 saturated heterocycles. The molecule has 0 heterocycles. The van der Waals surface area contributed by atoms with Gasteiger partial charge in [0.05, 0.1) is 5.92 Å². The molecule has 1 amide bonds. The zero-order valence-electron chi connectivity index (χ0n) is 11.6. The monoisotopic (exact) mass is 363 g/mol. The Hall–Kier alpha value is -1.04. The van der Waals surface area contributed by atoms with Gasteiger partial charge in [0.1, 0.15) is 0 Å². The van der Waals surface area contributed by atoms with Crippen molar-refractivity contribution >= 4 is 27.5 Å². The van der Waals surface area contributed by atoms with Crippen LogP contribution in [-0.4, -0.2) is 12.1 Å².